The number of nitrogens with one attached hydrogen (secondary N) is 1. The molecule has 0 fully saturated rings. The highest BCUT2D eigenvalue weighted by molar-refractivity contribution is 7.89. The predicted octanol–water partition coefficient (Wildman–Crippen LogP) is 0.286. The highest BCUT2D eigenvalue weighted by Crippen LogP contribution is 2.22. The fraction of sp³-hybridized carbons (Fsp3) is 0.333. The SMILES string of the molecule is COC(=O)c1sccc1S(=O)(=O)N[C@@H](C)C(=O)O. The maximum atomic E-state index is 11.9. The lowest BCUT2D eigenvalue weighted by molar-refractivity contribution is -0.138. The first-order valence-electron chi connectivity index (χ1n) is 4.70. The van der Waals surface area contributed by atoms with Crippen LogP contribution in [0.25, 0.3) is 0 Å². The van der Waals surface area contributed by atoms with Crippen molar-refractivity contribution in [3.63, 3.8) is 0 Å². The van der Waals surface area contributed by atoms with Gasteiger partial charge < -0.3 is 9.84 Å². The summed E-state index contributed by atoms with van der Waals surface area (Å²) in [5.74, 6) is -2.10. The third kappa shape index (κ3) is 3.06. The third-order valence-electron chi connectivity index (χ3n) is 1.99. The molecule has 0 amide bonds. The van der Waals surface area contributed by atoms with Crippen molar-refractivity contribution in [1.29, 1.82) is 0 Å². The molecule has 0 radical (unpaired) electrons. The molecule has 0 saturated heterocycles. The van der Waals surface area contributed by atoms with E-state index in [1.807, 2.05) is 4.72 Å². The Bertz CT molecular complexity index is 561. The number of carboxylic acids is 1. The average Bonchev–Trinajstić information content (AvgIpc) is 2.76. The molecule has 2 N–H and O–H groups in total. The van der Waals surface area contributed by atoms with Gasteiger partial charge in [-0.05, 0) is 18.4 Å². The first-order valence-corrected chi connectivity index (χ1v) is 7.07. The molecule has 0 aliphatic heterocycles. The number of rotatable bonds is 5. The van der Waals surface area contributed by atoms with Crippen LogP contribution in [0, 0.1) is 0 Å². The lowest BCUT2D eigenvalue weighted by Gasteiger charge is -2.10. The van der Waals surface area contributed by atoms with Gasteiger partial charge in [0, 0.05) is 0 Å². The number of methoxy groups -OCH3 is 1. The van der Waals surface area contributed by atoms with E-state index < -0.39 is 28.0 Å². The summed E-state index contributed by atoms with van der Waals surface area (Å²) in [7, 11) is -2.94. The molecule has 0 unspecified atom stereocenters. The Morgan fingerprint density at radius 3 is 2.61 bits per heavy atom. The van der Waals surface area contributed by atoms with E-state index >= 15 is 0 Å². The van der Waals surface area contributed by atoms with Gasteiger partial charge in [-0.15, -0.1) is 11.3 Å². The standard InChI is InChI=1S/C9H11NO6S2/c1-5(8(11)12)10-18(14,15)6-3-4-17-7(6)9(13)16-2/h3-5,10H,1-2H3,(H,11,12)/t5-/m0/s1. The van der Waals surface area contributed by atoms with Gasteiger partial charge in [-0.25, -0.2) is 13.2 Å². The van der Waals surface area contributed by atoms with Crippen LogP contribution in [0.15, 0.2) is 16.3 Å². The number of aliphatic carboxylic acids is 1. The van der Waals surface area contributed by atoms with Gasteiger partial charge in [0.25, 0.3) is 0 Å². The van der Waals surface area contributed by atoms with Crippen molar-refractivity contribution >= 4 is 33.3 Å². The van der Waals surface area contributed by atoms with Crippen LogP contribution in [0.3, 0.4) is 0 Å². The number of esters is 1. The van der Waals surface area contributed by atoms with Crippen LogP contribution >= 0.6 is 11.3 Å². The van der Waals surface area contributed by atoms with Gasteiger partial charge in [0.15, 0.2) is 0 Å². The average molecular weight is 293 g/mol. The van der Waals surface area contributed by atoms with Crippen LogP contribution in [-0.2, 0) is 19.6 Å². The van der Waals surface area contributed by atoms with E-state index in [4.69, 9.17) is 5.11 Å². The number of carbonyl (C=O) groups is 2. The second-order valence-corrected chi connectivity index (χ2v) is 5.89. The first kappa shape index (κ1) is 14.6. The second kappa shape index (κ2) is 5.46. The summed E-state index contributed by atoms with van der Waals surface area (Å²) in [6.45, 7) is 1.18. The molecular formula is C9H11NO6S2. The summed E-state index contributed by atoms with van der Waals surface area (Å²) in [5.41, 5.74) is 0. The number of sulfonamides is 1. The van der Waals surface area contributed by atoms with Crippen LogP contribution in [-0.4, -0.2) is 38.6 Å². The van der Waals surface area contributed by atoms with Gasteiger partial charge in [0.1, 0.15) is 15.8 Å². The zero-order chi connectivity index (χ0) is 13.9. The van der Waals surface area contributed by atoms with Crippen molar-refractivity contribution in [1.82, 2.24) is 4.72 Å². The van der Waals surface area contributed by atoms with E-state index in [0.29, 0.717) is 0 Å². The second-order valence-electron chi connectivity index (χ2n) is 3.29. The Morgan fingerprint density at radius 1 is 1.50 bits per heavy atom. The van der Waals surface area contributed by atoms with Crippen LogP contribution < -0.4 is 4.72 Å². The molecule has 1 heterocycles. The minimum Gasteiger partial charge on any atom is -0.480 e. The van der Waals surface area contributed by atoms with E-state index in [1.54, 1.807) is 0 Å². The van der Waals surface area contributed by atoms with Crippen LogP contribution in [0.2, 0.25) is 0 Å². The number of ether oxygens (including phenoxy) is 1. The fourth-order valence-corrected chi connectivity index (χ4v) is 3.63. The topological polar surface area (TPSA) is 110 Å². The highest BCUT2D eigenvalue weighted by Gasteiger charge is 2.27. The maximum absolute atomic E-state index is 11.9. The van der Waals surface area contributed by atoms with E-state index in [-0.39, 0.29) is 9.77 Å². The smallest absolute Gasteiger partial charge is 0.349 e. The molecule has 1 atom stereocenters. The molecule has 9 heteroatoms. The maximum Gasteiger partial charge on any atom is 0.349 e. The van der Waals surface area contributed by atoms with Gasteiger partial charge in [0.2, 0.25) is 10.0 Å². The molecule has 0 bridgehead atoms. The van der Waals surface area contributed by atoms with E-state index in [2.05, 4.69) is 4.74 Å². The largest absolute Gasteiger partial charge is 0.480 e. The Balaban J connectivity index is 3.10. The van der Waals surface area contributed by atoms with E-state index in [1.165, 1.54) is 18.4 Å². The summed E-state index contributed by atoms with van der Waals surface area (Å²) in [4.78, 5) is 21.6. The minimum atomic E-state index is -4.07. The van der Waals surface area contributed by atoms with Crippen molar-refractivity contribution in [3.8, 4) is 0 Å². The van der Waals surface area contributed by atoms with Crippen molar-refractivity contribution in [2.24, 2.45) is 0 Å². The number of carboxylic acid groups (broad SMARTS) is 1. The molecule has 0 spiro atoms. The molecule has 0 aliphatic carbocycles. The predicted molar refractivity (Wildman–Crippen MR) is 63.1 cm³/mol. The Labute approximate surface area is 107 Å². The molecule has 1 aromatic rings. The molecule has 1 aromatic heterocycles. The van der Waals surface area contributed by atoms with Crippen molar-refractivity contribution in [2.75, 3.05) is 7.11 Å². The van der Waals surface area contributed by atoms with Gasteiger partial charge in [-0.2, -0.15) is 4.72 Å². The number of hydrogen-bond donors (Lipinski definition) is 2. The summed E-state index contributed by atoms with van der Waals surface area (Å²) >= 11 is 0.903. The van der Waals surface area contributed by atoms with Crippen molar-refractivity contribution in [2.45, 2.75) is 17.9 Å². The zero-order valence-corrected chi connectivity index (χ0v) is 11.2. The van der Waals surface area contributed by atoms with Crippen LogP contribution in [0.4, 0.5) is 0 Å². The summed E-state index contributed by atoms with van der Waals surface area (Å²) in [5, 5.41) is 10.1. The van der Waals surface area contributed by atoms with Crippen LogP contribution in [0.5, 0.6) is 0 Å². The molecule has 1 rings (SSSR count). The Hall–Kier alpha value is -1.45. The zero-order valence-electron chi connectivity index (χ0n) is 9.54. The van der Waals surface area contributed by atoms with Crippen LogP contribution in [0.1, 0.15) is 16.6 Å². The molecule has 18 heavy (non-hydrogen) atoms. The van der Waals surface area contributed by atoms with Gasteiger partial charge >= 0.3 is 11.9 Å². The molecule has 0 aliphatic rings. The molecule has 0 saturated carbocycles. The molecular weight excluding hydrogens is 282 g/mol. The minimum absolute atomic E-state index is 0.0948. The number of thiophene rings is 1. The van der Waals surface area contributed by atoms with Crippen molar-refractivity contribution < 1.29 is 27.9 Å². The number of hydrogen-bond acceptors (Lipinski definition) is 6. The lowest BCUT2D eigenvalue weighted by Crippen LogP contribution is -2.38. The third-order valence-corrected chi connectivity index (χ3v) is 4.60. The van der Waals surface area contributed by atoms with Gasteiger partial charge in [-0.1, -0.05) is 0 Å². The molecule has 0 aromatic carbocycles. The highest BCUT2D eigenvalue weighted by atomic mass is 32.2. The molecule has 100 valence electrons. The monoisotopic (exact) mass is 293 g/mol. The van der Waals surface area contributed by atoms with Gasteiger partial charge in [-0.3, -0.25) is 4.79 Å². The Kier molecular flexibility index (Phi) is 4.43. The Morgan fingerprint density at radius 2 is 2.11 bits per heavy atom. The van der Waals surface area contributed by atoms with E-state index in [9.17, 15) is 18.0 Å². The summed E-state index contributed by atoms with van der Waals surface area (Å²) < 4.78 is 30.1. The fourth-order valence-electron chi connectivity index (χ4n) is 1.10. The first-order chi connectivity index (χ1) is 8.29. The van der Waals surface area contributed by atoms with Gasteiger partial charge in [0.05, 0.1) is 7.11 Å². The molecule has 7 nitrogen and oxygen atoms in total. The lowest BCUT2D eigenvalue weighted by atomic mass is 10.4. The summed E-state index contributed by atoms with van der Waals surface area (Å²) in [6.07, 6.45) is 0. The van der Waals surface area contributed by atoms with Crippen molar-refractivity contribution in [3.05, 3.63) is 16.3 Å². The summed E-state index contributed by atoms with van der Waals surface area (Å²) in [6, 6.07) is -0.0752. The normalized spacial score (nSPS) is 13.0. The number of carbonyl (C=O) groups excluding carboxylic acids is 1. The quantitative estimate of drug-likeness (QED) is 0.755. The van der Waals surface area contributed by atoms with E-state index in [0.717, 1.165) is 18.4 Å².